The fourth-order valence-corrected chi connectivity index (χ4v) is 5.08. The van der Waals surface area contributed by atoms with Gasteiger partial charge >= 0.3 is 16.2 Å². The average molecular weight is 375 g/mol. The number of rotatable bonds is 4. The summed E-state index contributed by atoms with van der Waals surface area (Å²) >= 11 is 0. The van der Waals surface area contributed by atoms with Crippen molar-refractivity contribution in [3.63, 3.8) is 0 Å². The van der Waals surface area contributed by atoms with Gasteiger partial charge in [0.25, 0.3) is 5.92 Å². The predicted molar refractivity (Wildman–Crippen MR) is 83.3 cm³/mol. The molecule has 7 nitrogen and oxygen atoms in total. The summed E-state index contributed by atoms with van der Waals surface area (Å²) in [5.74, 6) is -5.04. The van der Waals surface area contributed by atoms with Crippen molar-refractivity contribution >= 4 is 16.2 Å². The number of hydrogen-bond donors (Lipinski definition) is 2. The van der Waals surface area contributed by atoms with Crippen LogP contribution in [-0.2, 0) is 15.0 Å². The summed E-state index contributed by atoms with van der Waals surface area (Å²) in [4.78, 5) is 13.0. The van der Waals surface area contributed by atoms with Gasteiger partial charge in [-0.05, 0) is 17.9 Å². The van der Waals surface area contributed by atoms with E-state index in [1.54, 1.807) is 17.1 Å². The first-order chi connectivity index (χ1) is 11.5. The van der Waals surface area contributed by atoms with E-state index in [0.717, 1.165) is 4.31 Å². The third kappa shape index (κ3) is 2.41. The second-order valence-electron chi connectivity index (χ2n) is 7.28. The maximum atomic E-state index is 13.5. The van der Waals surface area contributed by atoms with Gasteiger partial charge in [-0.25, -0.2) is 13.1 Å². The van der Waals surface area contributed by atoms with E-state index in [9.17, 15) is 27.1 Å². The van der Waals surface area contributed by atoms with Gasteiger partial charge in [0, 0.05) is 25.9 Å². The molecule has 0 aromatic rings. The number of halogens is 2. The summed E-state index contributed by atoms with van der Waals surface area (Å²) in [6, 6.07) is -0.413. The molecule has 0 aromatic carbocycles. The minimum absolute atomic E-state index is 0.00204. The molecule has 4 aliphatic rings. The standard InChI is InChI=1S/C15H19F2N3O4S/c1-7-11(12(7)14(21)22)10-4-3-9-13(19(2)25(23,24)18-9)20(10)6-8-5-15(8,16)17/h3-4,7-8,10-12,18H,5-6H2,1-2H3,(H,21,22). The smallest absolute Gasteiger partial charge is 0.325 e. The molecule has 2 N–H and O–H groups in total. The molecule has 0 bridgehead atoms. The van der Waals surface area contributed by atoms with E-state index >= 15 is 0 Å². The Balaban J connectivity index is 1.67. The van der Waals surface area contributed by atoms with Gasteiger partial charge in [0.1, 0.15) is 5.82 Å². The molecule has 138 valence electrons. The maximum Gasteiger partial charge on any atom is 0.325 e. The van der Waals surface area contributed by atoms with Crippen molar-refractivity contribution in [2.45, 2.75) is 25.3 Å². The molecule has 10 heteroatoms. The lowest BCUT2D eigenvalue weighted by Crippen LogP contribution is -2.44. The number of carboxylic acid groups (broad SMARTS) is 1. The van der Waals surface area contributed by atoms with Crippen LogP contribution >= 0.6 is 0 Å². The molecule has 2 heterocycles. The molecular formula is C15H19F2N3O4S. The van der Waals surface area contributed by atoms with Gasteiger partial charge in [-0.15, -0.1) is 0 Å². The first-order valence-corrected chi connectivity index (χ1v) is 9.55. The Morgan fingerprint density at radius 2 is 2.12 bits per heavy atom. The quantitative estimate of drug-likeness (QED) is 0.759. The van der Waals surface area contributed by atoms with Crippen molar-refractivity contribution in [3.05, 3.63) is 23.7 Å². The minimum atomic E-state index is -3.74. The van der Waals surface area contributed by atoms with Crippen molar-refractivity contribution in [2.24, 2.45) is 23.7 Å². The van der Waals surface area contributed by atoms with Crippen molar-refractivity contribution in [2.75, 3.05) is 13.6 Å². The maximum absolute atomic E-state index is 13.5. The van der Waals surface area contributed by atoms with Crippen LogP contribution in [0.5, 0.6) is 0 Å². The normalized spacial score (nSPS) is 39.9. The van der Waals surface area contributed by atoms with Crippen LogP contribution in [0.2, 0.25) is 0 Å². The summed E-state index contributed by atoms with van der Waals surface area (Å²) in [7, 11) is -2.38. The fourth-order valence-electron chi connectivity index (χ4n) is 4.08. The molecule has 2 aliphatic heterocycles. The largest absolute Gasteiger partial charge is 0.481 e. The number of carboxylic acids is 1. The number of nitrogens with one attached hydrogen (secondary N) is 1. The van der Waals surface area contributed by atoms with Crippen molar-refractivity contribution in [1.29, 1.82) is 0 Å². The molecular weight excluding hydrogens is 356 g/mol. The lowest BCUT2D eigenvalue weighted by molar-refractivity contribution is -0.139. The highest BCUT2D eigenvalue weighted by atomic mass is 32.2. The van der Waals surface area contributed by atoms with E-state index in [1.807, 2.05) is 6.92 Å². The monoisotopic (exact) mass is 375 g/mol. The Kier molecular flexibility index (Phi) is 3.23. The molecule has 0 aromatic heterocycles. The van der Waals surface area contributed by atoms with E-state index in [4.69, 9.17) is 0 Å². The van der Waals surface area contributed by atoms with Gasteiger partial charge < -0.3 is 10.0 Å². The molecule has 0 spiro atoms. The van der Waals surface area contributed by atoms with Crippen molar-refractivity contribution in [1.82, 2.24) is 13.9 Å². The number of aliphatic carboxylic acids is 1. The van der Waals surface area contributed by atoms with Gasteiger partial charge in [-0.1, -0.05) is 13.0 Å². The summed E-state index contributed by atoms with van der Waals surface area (Å²) in [6.07, 6.45) is 3.10. The van der Waals surface area contributed by atoms with E-state index in [2.05, 4.69) is 4.72 Å². The van der Waals surface area contributed by atoms with Crippen molar-refractivity contribution in [3.8, 4) is 0 Å². The molecule has 25 heavy (non-hydrogen) atoms. The van der Waals surface area contributed by atoms with Gasteiger partial charge in [0.2, 0.25) is 0 Å². The highest BCUT2D eigenvalue weighted by Crippen LogP contribution is 2.54. The van der Waals surface area contributed by atoms with E-state index < -0.39 is 40.0 Å². The molecule has 0 amide bonds. The molecule has 0 saturated heterocycles. The highest BCUT2D eigenvalue weighted by molar-refractivity contribution is 7.87. The zero-order valence-electron chi connectivity index (χ0n) is 13.7. The van der Waals surface area contributed by atoms with Gasteiger partial charge in [0.05, 0.1) is 17.7 Å². The summed E-state index contributed by atoms with van der Waals surface area (Å²) in [6.45, 7) is 1.82. The molecule has 2 aliphatic carbocycles. The van der Waals surface area contributed by atoms with E-state index in [1.165, 1.54) is 7.05 Å². The van der Waals surface area contributed by atoms with Gasteiger partial charge in [-0.2, -0.15) is 8.42 Å². The molecule has 2 fully saturated rings. The van der Waals surface area contributed by atoms with E-state index in [0.29, 0.717) is 11.5 Å². The first-order valence-electron chi connectivity index (χ1n) is 8.11. The molecule has 0 radical (unpaired) electrons. The van der Waals surface area contributed by atoms with Crippen LogP contribution < -0.4 is 4.72 Å². The Morgan fingerprint density at radius 1 is 1.48 bits per heavy atom. The Bertz CT molecular complexity index is 810. The number of hydrogen-bond acceptors (Lipinski definition) is 4. The average Bonchev–Trinajstić information content (AvgIpc) is 3.30. The summed E-state index contributed by atoms with van der Waals surface area (Å²) in [5.41, 5.74) is 0.336. The predicted octanol–water partition coefficient (Wildman–Crippen LogP) is 0.798. The molecule has 5 unspecified atom stereocenters. The Morgan fingerprint density at radius 3 is 2.64 bits per heavy atom. The fraction of sp³-hybridized carbons (Fsp3) is 0.667. The third-order valence-corrected chi connectivity index (χ3v) is 7.10. The SMILES string of the molecule is CC1C(C(=O)O)C1C1C=CC2=C(N1CC1CC1(F)F)N(C)S(=O)(=O)N2. The number of nitrogens with zero attached hydrogens (tertiary/aromatic N) is 2. The topological polar surface area (TPSA) is 90.0 Å². The van der Waals surface area contributed by atoms with Gasteiger partial charge in [-0.3, -0.25) is 9.52 Å². The summed E-state index contributed by atoms with van der Waals surface area (Å²) in [5, 5.41) is 9.32. The Hall–Kier alpha value is -1.84. The van der Waals surface area contributed by atoms with Crippen LogP contribution in [0.4, 0.5) is 8.78 Å². The first kappa shape index (κ1) is 16.6. The number of allylic oxidation sites excluding steroid dienone is 1. The second kappa shape index (κ2) is 4.87. The number of alkyl halides is 2. The zero-order chi connectivity index (χ0) is 18.3. The van der Waals surface area contributed by atoms with Crippen LogP contribution in [0.1, 0.15) is 13.3 Å². The lowest BCUT2D eigenvalue weighted by Gasteiger charge is -2.37. The highest BCUT2D eigenvalue weighted by Gasteiger charge is 2.61. The summed E-state index contributed by atoms with van der Waals surface area (Å²) < 4.78 is 54.6. The van der Waals surface area contributed by atoms with Crippen LogP contribution in [0.3, 0.4) is 0 Å². The van der Waals surface area contributed by atoms with E-state index in [-0.39, 0.29) is 24.8 Å². The second-order valence-corrected chi connectivity index (χ2v) is 8.98. The zero-order valence-corrected chi connectivity index (χ0v) is 14.5. The van der Waals surface area contributed by atoms with Crippen LogP contribution in [0.25, 0.3) is 0 Å². The van der Waals surface area contributed by atoms with Crippen LogP contribution in [-0.4, -0.2) is 54.3 Å². The lowest BCUT2D eigenvalue weighted by atomic mass is 10.0. The Labute approximate surface area is 144 Å². The number of carbonyl (C=O) groups is 1. The molecule has 2 saturated carbocycles. The molecule has 4 rings (SSSR count). The van der Waals surface area contributed by atoms with Gasteiger partial charge in [0.15, 0.2) is 0 Å². The van der Waals surface area contributed by atoms with Crippen molar-refractivity contribution < 1.29 is 27.1 Å². The minimum Gasteiger partial charge on any atom is -0.481 e. The van der Waals surface area contributed by atoms with Crippen LogP contribution in [0.15, 0.2) is 23.7 Å². The third-order valence-electron chi connectivity index (χ3n) is 5.73. The van der Waals surface area contributed by atoms with Crippen LogP contribution in [0, 0.1) is 23.7 Å². The molecule has 5 atom stereocenters.